The van der Waals surface area contributed by atoms with Crippen molar-refractivity contribution in [3.8, 4) is 5.75 Å². The minimum Gasteiger partial charge on any atom is -0.478 e. The molecule has 1 amide bonds. The Bertz CT molecular complexity index is 2250. The standard InChI is InChI=1S/C43H54N6O11/c1-4-31-27-6-11-46-30(27)20-49(31)38-39-26(17-28-33(51)15-24(2)58-40(28)38)18-36(42(59-39,10-13-44-3)9-5-25-16-37(54)47-19-25)60-57-22-35(53)43(56,41(55)34(52)21-50)23-48-14-8-29-32(48)7-12-45-29/h6-8,11-12,14-15,17,25,32,34-36,41,44,50,52-53,55-56H,4-5,9-10,13,16,18-23H2,1-3H3,(H,47,54)/p+2/t25-,32?,34-,35+,36-,41-,42+,43-/m1/s1. The van der Waals surface area contributed by atoms with Gasteiger partial charge in [0.15, 0.2) is 22.8 Å². The van der Waals surface area contributed by atoms with Crippen molar-refractivity contribution in [3.63, 3.8) is 0 Å². The summed E-state index contributed by atoms with van der Waals surface area (Å²) in [5.74, 6) is 1.07. The molecule has 60 heavy (non-hydrogen) atoms. The highest BCUT2D eigenvalue weighted by atomic mass is 17.2. The molecular weight excluding hydrogens is 777 g/mol. The van der Waals surface area contributed by atoms with Gasteiger partial charge >= 0.3 is 0 Å². The van der Waals surface area contributed by atoms with E-state index in [0.29, 0.717) is 90.4 Å². The van der Waals surface area contributed by atoms with Crippen LogP contribution < -0.4 is 30.6 Å². The number of hydrogen-bond donors (Lipinski definition) is 9. The van der Waals surface area contributed by atoms with Crippen molar-refractivity contribution in [3.05, 3.63) is 81.8 Å². The van der Waals surface area contributed by atoms with Crippen molar-refractivity contribution in [2.75, 3.05) is 46.4 Å². The highest BCUT2D eigenvalue weighted by molar-refractivity contribution is 6.08. The molecule has 322 valence electrons. The van der Waals surface area contributed by atoms with Crippen molar-refractivity contribution in [2.24, 2.45) is 15.9 Å². The van der Waals surface area contributed by atoms with Crippen LogP contribution in [0.2, 0.25) is 0 Å². The molecule has 1 aromatic carbocycles. The quantitative estimate of drug-likeness (QED) is 0.0607. The average Bonchev–Trinajstić information content (AvgIpc) is 4.08. The summed E-state index contributed by atoms with van der Waals surface area (Å²) >= 11 is 0. The number of aliphatic imine (C=N–C) groups is 2. The van der Waals surface area contributed by atoms with Gasteiger partial charge in [-0.15, -0.1) is 0 Å². The molecule has 0 bridgehead atoms. The SMILES string of the molecule is CCC1=C2C=CN=C2C[NH+]1c1c2c(cc3c(=O)cc(C)oc13)C[C@@H](OOC[C@H](O)[C@](O)(C[NH+]1C=CC3=NC=CC31)[C@H](O)[C@H](O)CO)[C@@](CCNC)(CC[C@H]1CNC(=O)C1)O2. The number of aryl methyl sites for hydroxylation is 1. The summed E-state index contributed by atoms with van der Waals surface area (Å²) < 4.78 is 13.8. The predicted octanol–water partition coefficient (Wildman–Crippen LogP) is -1.66. The first-order chi connectivity index (χ1) is 28.9. The minimum atomic E-state index is -2.38. The summed E-state index contributed by atoms with van der Waals surface area (Å²) in [4.78, 5) is 48.7. The lowest BCUT2D eigenvalue weighted by atomic mass is 9.79. The minimum absolute atomic E-state index is 0.0107. The molecule has 8 rings (SSSR count). The molecule has 2 aromatic rings. The van der Waals surface area contributed by atoms with Gasteiger partial charge in [-0.3, -0.25) is 29.4 Å². The largest absolute Gasteiger partial charge is 0.478 e. The molecular formula is C43H56N6O11+2. The topological polar surface area (TPSA) is 234 Å². The van der Waals surface area contributed by atoms with E-state index >= 15 is 0 Å². The molecule has 17 heteroatoms. The van der Waals surface area contributed by atoms with Crippen LogP contribution in [0.3, 0.4) is 0 Å². The summed E-state index contributed by atoms with van der Waals surface area (Å²) in [6.07, 6.45) is 7.25. The first-order valence-electron chi connectivity index (χ1n) is 20.9. The second-order valence-corrected chi connectivity index (χ2v) is 16.8. The fraction of sp³-hybridized carbons (Fsp3) is 0.535. The Labute approximate surface area is 347 Å². The molecule has 10 atom stereocenters. The Morgan fingerprint density at radius 3 is 2.72 bits per heavy atom. The van der Waals surface area contributed by atoms with E-state index in [1.807, 2.05) is 19.2 Å². The van der Waals surface area contributed by atoms with E-state index in [1.165, 1.54) is 6.07 Å². The number of ether oxygens (including phenoxy) is 1. The molecule has 0 spiro atoms. The molecule has 17 nitrogen and oxygen atoms in total. The predicted molar refractivity (Wildman–Crippen MR) is 219 cm³/mol. The van der Waals surface area contributed by atoms with Gasteiger partial charge in [0, 0.05) is 62.3 Å². The van der Waals surface area contributed by atoms with Gasteiger partial charge in [0.25, 0.3) is 0 Å². The third-order valence-electron chi connectivity index (χ3n) is 13.0. The Morgan fingerprint density at radius 2 is 1.97 bits per heavy atom. The Morgan fingerprint density at radius 1 is 1.13 bits per heavy atom. The lowest BCUT2D eigenvalue weighted by molar-refractivity contribution is -0.861. The van der Waals surface area contributed by atoms with Gasteiger partial charge in [0.1, 0.15) is 72.6 Å². The highest BCUT2D eigenvalue weighted by Gasteiger charge is 2.53. The van der Waals surface area contributed by atoms with Crippen LogP contribution in [0, 0.1) is 12.8 Å². The third kappa shape index (κ3) is 7.72. The van der Waals surface area contributed by atoms with Crippen molar-refractivity contribution in [2.45, 2.75) is 94.0 Å². The van der Waals surface area contributed by atoms with E-state index in [1.54, 1.807) is 37.7 Å². The summed E-state index contributed by atoms with van der Waals surface area (Å²) in [6.45, 7) is 3.64. The molecule has 7 heterocycles. The zero-order valence-corrected chi connectivity index (χ0v) is 34.1. The average molecular weight is 833 g/mol. The molecule has 1 fully saturated rings. The van der Waals surface area contributed by atoms with E-state index in [4.69, 9.17) is 18.9 Å². The number of carbonyl (C=O) groups excluding carboxylic acids is 1. The molecule has 6 aliphatic rings. The molecule has 1 aromatic heterocycles. The molecule has 1 saturated heterocycles. The smallest absolute Gasteiger partial charge is 0.222 e. The molecule has 0 saturated carbocycles. The van der Waals surface area contributed by atoms with E-state index in [-0.39, 0.29) is 36.3 Å². The second-order valence-electron chi connectivity index (χ2n) is 16.8. The van der Waals surface area contributed by atoms with Crippen molar-refractivity contribution >= 4 is 34.0 Å². The van der Waals surface area contributed by atoms with Crippen LogP contribution in [0.1, 0.15) is 50.4 Å². The van der Waals surface area contributed by atoms with Gasteiger partial charge < -0.3 is 45.3 Å². The highest BCUT2D eigenvalue weighted by Crippen LogP contribution is 2.46. The number of carbonyl (C=O) groups is 1. The maximum absolute atomic E-state index is 13.7. The normalized spacial score (nSPS) is 28.9. The molecule has 6 aliphatic heterocycles. The fourth-order valence-electron chi connectivity index (χ4n) is 9.66. The number of quaternary nitrogens is 2. The van der Waals surface area contributed by atoms with Gasteiger partial charge in [-0.2, -0.15) is 0 Å². The van der Waals surface area contributed by atoms with Crippen molar-refractivity contribution in [1.29, 1.82) is 0 Å². The Kier molecular flexibility index (Phi) is 12.1. The Hall–Kier alpha value is -4.40. The van der Waals surface area contributed by atoms with Crippen molar-refractivity contribution in [1.82, 2.24) is 10.6 Å². The lowest BCUT2D eigenvalue weighted by Gasteiger charge is -2.45. The van der Waals surface area contributed by atoms with Crippen LogP contribution >= 0.6 is 0 Å². The number of aliphatic hydroxyl groups excluding tert-OH is 4. The number of allylic oxidation sites excluding steroid dienone is 2. The monoisotopic (exact) mass is 832 g/mol. The van der Waals surface area contributed by atoms with Crippen LogP contribution in [-0.2, 0) is 21.0 Å². The van der Waals surface area contributed by atoms with Crippen LogP contribution in [0.4, 0.5) is 5.69 Å². The van der Waals surface area contributed by atoms with Crippen LogP contribution in [0.5, 0.6) is 5.75 Å². The lowest BCUT2D eigenvalue weighted by Crippen LogP contribution is -3.13. The molecule has 0 radical (unpaired) electrons. The first kappa shape index (κ1) is 42.3. The zero-order chi connectivity index (χ0) is 42.3. The van der Waals surface area contributed by atoms with Crippen LogP contribution in [0.25, 0.3) is 11.0 Å². The van der Waals surface area contributed by atoms with Gasteiger partial charge in [0.2, 0.25) is 17.2 Å². The number of benzene rings is 1. The summed E-state index contributed by atoms with van der Waals surface area (Å²) in [5.41, 5.74) is 2.00. The zero-order valence-electron chi connectivity index (χ0n) is 34.1. The molecule has 3 unspecified atom stereocenters. The first-order valence-corrected chi connectivity index (χ1v) is 20.9. The number of fused-ring (bicyclic) bond motifs is 4. The summed E-state index contributed by atoms with van der Waals surface area (Å²) in [5, 5.41) is 61.5. The van der Waals surface area contributed by atoms with Crippen LogP contribution in [-0.4, -0.2) is 131 Å². The number of aliphatic hydroxyl groups is 5. The van der Waals surface area contributed by atoms with E-state index in [0.717, 1.165) is 27.6 Å². The number of amides is 1. The second kappa shape index (κ2) is 17.2. The number of nitrogens with zero attached hydrogens (tertiary/aromatic N) is 2. The summed E-state index contributed by atoms with van der Waals surface area (Å²) in [6, 6.07) is 2.99. The van der Waals surface area contributed by atoms with Crippen molar-refractivity contribution < 1.29 is 59.1 Å². The van der Waals surface area contributed by atoms with Gasteiger partial charge in [-0.05, 0) is 57.5 Å². The Balaban J connectivity index is 1.15. The van der Waals surface area contributed by atoms with Gasteiger partial charge in [-0.25, -0.2) is 9.78 Å². The summed E-state index contributed by atoms with van der Waals surface area (Å²) in [7, 11) is 1.84. The molecule has 0 aliphatic carbocycles. The maximum atomic E-state index is 13.7. The van der Waals surface area contributed by atoms with Crippen LogP contribution in [0.15, 0.2) is 79.4 Å². The molecule has 9 N–H and O–H groups in total. The third-order valence-corrected chi connectivity index (χ3v) is 13.0. The number of hydrogen-bond acceptors (Lipinski definition) is 14. The number of rotatable bonds is 18. The van der Waals surface area contributed by atoms with E-state index in [2.05, 4.69) is 27.5 Å². The van der Waals surface area contributed by atoms with E-state index in [9.17, 15) is 35.1 Å². The number of nitrogens with one attached hydrogen (secondary N) is 4. The van der Waals surface area contributed by atoms with E-state index < -0.39 is 48.8 Å². The van der Waals surface area contributed by atoms with Gasteiger partial charge in [-0.1, -0.05) is 6.92 Å². The van der Waals surface area contributed by atoms with Gasteiger partial charge in [0.05, 0.1) is 23.8 Å². The fourth-order valence-corrected chi connectivity index (χ4v) is 9.66. The maximum Gasteiger partial charge on any atom is 0.222 e.